The Labute approximate surface area is 334 Å². The molecule has 15 N–H and O–H groups in total. The molecule has 24 nitrogen and oxygen atoms in total. The van der Waals surface area contributed by atoms with Crippen molar-refractivity contribution in [3.05, 3.63) is 52.1 Å². The number of nitrogens with zero attached hydrogens (tertiary/aromatic N) is 3. The van der Waals surface area contributed by atoms with Crippen molar-refractivity contribution < 1.29 is 43.8 Å². The highest BCUT2D eigenvalue weighted by molar-refractivity contribution is 7.80. The normalized spacial score (nSPS) is 12.8. The summed E-state index contributed by atoms with van der Waals surface area (Å²) in [4.78, 5) is 114. The van der Waals surface area contributed by atoms with E-state index in [9.17, 15) is 43.5 Å². The number of carboxylic acid groups (broad SMARTS) is 2. The number of fused-ring (bicyclic) bond motifs is 1. The number of carbonyl (C=O) groups is 7. The topological polar surface area (TPSA) is 392 Å². The number of amides is 5. The molecular formula is C33H44N14O10S. The minimum absolute atomic E-state index is 0.00675. The van der Waals surface area contributed by atoms with Crippen LogP contribution in [-0.2, 0) is 35.3 Å². The number of aromatic nitrogens is 4. The molecular weight excluding hydrogens is 785 g/mol. The van der Waals surface area contributed by atoms with Gasteiger partial charge < -0.3 is 58.9 Å². The average molecular weight is 829 g/mol. The number of anilines is 2. The Morgan fingerprint density at radius 2 is 1.59 bits per heavy atom. The van der Waals surface area contributed by atoms with Gasteiger partial charge in [0.2, 0.25) is 29.6 Å². The molecule has 0 spiro atoms. The quantitative estimate of drug-likeness (QED) is 0.0204. The molecule has 0 saturated carbocycles. The number of rotatable bonds is 22. The Hall–Kier alpha value is -7.05. The Balaban J connectivity index is 1.57. The lowest BCUT2D eigenvalue weighted by Crippen LogP contribution is -2.57. The van der Waals surface area contributed by atoms with Gasteiger partial charge in [-0.3, -0.25) is 44.0 Å². The number of benzene rings is 1. The van der Waals surface area contributed by atoms with Crippen molar-refractivity contribution in [1.82, 2.24) is 51.8 Å². The largest absolute Gasteiger partial charge is 0.480 e. The first-order valence-corrected chi connectivity index (χ1v) is 18.1. The van der Waals surface area contributed by atoms with E-state index in [-0.39, 0.29) is 66.7 Å². The summed E-state index contributed by atoms with van der Waals surface area (Å²) in [5.41, 5.74) is 11.4. The summed E-state index contributed by atoms with van der Waals surface area (Å²) in [6, 6.07) is 0.756. The summed E-state index contributed by atoms with van der Waals surface area (Å²) in [5.74, 6) is -7.31. The first kappa shape index (κ1) is 45.3. The number of hydrogen-bond acceptors (Lipinski definition) is 15. The summed E-state index contributed by atoms with van der Waals surface area (Å²) in [6.45, 7) is 0.923. The number of carbonyl (C=O) groups excluding carboxylic acids is 5. The summed E-state index contributed by atoms with van der Waals surface area (Å²) in [7, 11) is 0. The van der Waals surface area contributed by atoms with Crippen LogP contribution in [0.2, 0.25) is 0 Å². The van der Waals surface area contributed by atoms with Gasteiger partial charge in [-0.1, -0.05) is 0 Å². The van der Waals surface area contributed by atoms with Crippen LogP contribution in [0, 0.1) is 5.41 Å². The maximum Gasteiger partial charge on any atom is 0.326 e. The molecule has 1 aromatic carbocycles. The molecule has 3 aromatic rings. The molecule has 3 rings (SSSR count). The van der Waals surface area contributed by atoms with Crippen LogP contribution in [0.25, 0.3) is 11.2 Å². The van der Waals surface area contributed by atoms with Crippen molar-refractivity contribution in [2.75, 3.05) is 29.9 Å². The van der Waals surface area contributed by atoms with Crippen LogP contribution in [0.5, 0.6) is 0 Å². The van der Waals surface area contributed by atoms with E-state index in [1.807, 2.05) is 0 Å². The number of nitrogens with one attached hydrogen (secondary N) is 9. The van der Waals surface area contributed by atoms with Crippen molar-refractivity contribution >= 4 is 82.9 Å². The van der Waals surface area contributed by atoms with Gasteiger partial charge in [-0.2, -0.15) is 17.6 Å². The van der Waals surface area contributed by atoms with Crippen LogP contribution in [0.1, 0.15) is 48.7 Å². The third kappa shape index (κ3) is 14.5. The standard InChI is InChI=1S/C33H44N14O10S/c1-15(26(51)40-13-23(49)50)41-29(54)21(14-58)45-28(53)19(3-2-10-37-32(34)35)43-22(48)9-8-20(31(56)57)44-27(52)16-4-6-17(7-5-16)38-11-18-12-39-25-24(42-18)30(55)47-33(36)46-25/h4-7,12,15,19-21,38,58H,2-3,8-11,13-14H2,1H3,(H,40,51)(H,41,54)(H,43,48)(H,44,52)(H,45,53)(H,49,50)(H,56,57)(H4,34,35,37)(H3,36,39,46,47,55)/t15-,19-,20-,21-/m0/s1. The number of carboxylic acids is 2. The lowest BCUT2D eigenvalue weighted by atomic mass is 10.1. The highest BCUT2D eigenvalue weighted by Crippen LogP contribution is 2.13. The smallest absolute Gasteiger partial charge is 0.326 e. The second-order valence-electron chi connectivity index (χ2n) is 12.5. The molecule has 0 fully saturated rings. The molecule has 58 heavy (non-hydrogen) atoms. The summed E-state index contributed by atoms with van der Waals surface area (Å²) in [6.07, 6.45) is 0.806. The molecule has 2 aromatic heterocycles. The van der Waals surface area contributed by atoms with Crippen molar-refractivity contribution in [1.29, 1.82) is 5.41 Å². The fourth-order valence-corrected chi connectivity index (χ4v) is 5.25. The van der Waals surface area contributed by atoms with Gasteiger partial charge in [0.25, 0.3) is 11.5 Å². The first-order chi connectivity index (χ1) is 27.5. The number of nitrogens with two attached hydrogens (primary N) is 2. The van der Waals surface area contributed by atoms with E-state index in [0.29, 0.717) is 11.4 Å². The van der Waals surface area contributed by atoms with E-state index < -0.39 is 84.2 Å². The van der Waals surface area contributed by atoms with E-state index in [0.717, 1.165) is 0 Å². The fourth-order valence-electron chi connectivity index (χ4n) is 4.99. The number of nitrogen functional groups attached to an aromatic ring is 1. The van der Waals surface area contributed by atoms with E-state index >= 15 is 0 Å². The number of guanidine groups is 1. The van der Waals surface area contributed by atoms with Crippen LogP contribution in [0.15, 0.2) is 35.3 Å². The Bertz CT molecular complexity index is 2070. The van der Waals surface area contributed by atoms with Crippen molar-refractivity contribution in [3.8, 4) is 0 Å². The molecule has 0 bridgehead atoms. The first-order valence-electron chi connectivity index (χ1n) is 17.4. The molecule has 0 aliphatic rings. The van der Waals surface area contributed by atoms with Gasteiger partial charge in [-0.05, 0) is 50.5 Å². The van der Waals surface area contributed by atoms with Crippen LogP contribution >= 0.6 is 12.6 Å². The molecule has 0 aliphatic carbocycles. The zero-order valence-corrected chi connectivity index (χ0v) is 31.9. The number of aromatic amines is 1. The molecule has 0 radical (unpaired) electrons. The highest BCUT2D eigenvalue weighted by atomic mass is 32.1. The van der Waals surface area contributed by atoms with Crippen LogP contribution < -0.4 is 54.2 Å². The molecule has 0 saturated heterocycles. The van der Waals surface area contributed by atoms with Gasteiger partial charge in [0.1, 0.15) is 30.7 Å². The van der Waals surface area contributed by atoms with E-state index in [1.165, 1.54) is 25.3 Å². The molecule has 4 atom stereocenters. The maximum absolute atomic E-state index is 13.3. The van der Waals surface area contributed by atoms with Gasteiger partial charge in [-0.25, -0.2) is 14.8 Å². The highest BCUT2D eigenvalue weighted by Gasteiger charge is 2.29. The van der Waals surface area contributed by atoms with Crippen LogP contribution in [0.4, 0.5) is 11.6 Å². The number of thiol groups is 1. The zero-order chi connectivity index (χ0) is 42.9. The number of aliphatic carboxylic acids is 2. The van der Waals surface area contributed by atoms with Gasteiger partial charge in [0.05, 0.1) is 18.4 Å². The zero-order valence-electron chi connectivity index (χ0n) is 31.0. The third-order valence-corrected chi connectivity index (χ3v) is 8.35. The average Bonchev–Trinajstić information content (AvgIpc) is 3.17. The summed E-state index contributed by atoms with van der Waals surface area (Å²) < 4.78 is 0. The minimum atomic E-state index is -1.51. The van der Waals surface area contributed by atoms with Gasteiger partial charge in [0.15, 0.2) is 17.1 Å². The molecule has 312 valence electrons. The van der Waals surface area contributed by atoms with Crippen LogP contribution in [0.3, 0.4) is 0 Å². The monoisotopic (exact) mass is 828 g/mol. The Morgan fingerprint density at radius 3 is 2.22 bits per heavy atom. The lowest BCUT2D eigenvalue weighted by molar-refractivity contribution is -0.140. The van der Waals surface area contributed by atoms with Crippen molar-refractivity contribution in [2.45, 2.75) is 63.3 Å². The van der Waals surface area contributed by atoms with E-state index in [1.54, 1.807) is 12.1 Å². The molecule has 25 heteroatoms. The predicted molar refractivity (Wildman–Crippen MR) is 209 cm³/mol. The molecule has 0 unspecified atom stereocenters. The predicted octanol–water partition coefficient (Wildman–Crippen LogP) is -3.26. The van der Waals surface area contributed by atoms with E-state index in [2.05, 4.69) is 69.8 Å². The third-order valence-electron chi connectivity index (χ3n) is 7.99. The van der Waals surface area contributed by atoms with Crippen molar-refractivity contribution in [3.63, 3.8) is 0 Å². The number of H-pyrrole nitrogens is 1. The second kappa shape index (κ2) is 21.9. The van der Waals surface area contributed by atoms with Gasteiger partial charge in [-0.15, -0.1) is 0 Å². The van der Waals surface area contributed by atoms with Gasteiger partial charge in [0, 0.05) is 30.0 Å². The molecule has 2 heterocycles. The fraction of sp³-hybridized carbons (Fsp3) is 0.394. The molecule has 5 amide bonds. The summed E-state index contributed by atoms with van der Waals surface area (Å²) >= 11 is 4.09. The Kier molecular flexibility index (Phi) is 17.1. The Morgan fingerprint density at radius 1 is 0.897 bits per heavy atom. The minimum Gasteiger partial charge on any atom is -0.480 e. The lowest BCUT2D eigenvalue weighted by Gasteiger charge is -2.24. The van der Waals surface area contributed by atoms with Gasteiger partial charge >= 0.3 is 11.9 Å². The molecule has 0 aliphatic heterocycles. The van der Waals surface area contributed by atoms with Crippen molar-refractivity contribution in [2.24, 2.45) is 5.73 Å². The second-order valence-corrected chi connectivity index (χ2v) is 12.9. The number of hydrogen-bond donors (Lipinski definition) is 14. The maximum atomic E-state index is 13.3. The van der Waals surface area contributed by atoms with Crippen LogP contribution in [-0.4, -0.2) is 121 Å². The SMILES string of the molecule is C[C@H](NC(=O)[C@H](CS)NC(=O)[C@H](CCCNC(=N)N)NC(=O)CC[C@H](NC(=O)c1ccc(NCc2cnc3nc(N)[nH]c(=O)c3n2)cc1)C(=O)O)C(=O)NCC(=O)O. The summed E-state index contributed by atoms with van der Waals surface area (Å²) in [5, 5.41) is 43.2. The van der Waals surface area contributed by atoms with E-state index in [4.69, 9.17) is 22.0 Å².